The average molecular weight is 304 g/mol. The molecule has 0 saturated heterocycles. The van der Waals surface area contributed by atoms with Crippen LogP contribution in [0.2, 0.25) is 0 Å². The van der Waals surface area contributed by atoms with Gasteiger partial charge in [-0.3, -0.25) is 0 Å². The van der Waals surface area contributed by atoms with Crippen LogP contribution in [0.4, 0.5) is 0 Å². The molecule has 0 bridgehead atoms. The fourth-order valence-corrected chi connectivity index (χ4v) is 3.40. The summed E-state index contributed by atoms with van der Waals surface area (Å²) in [6.07, 6.45) is 0. The molecule has 0 heterocycles. The zero-order valence-electron chi connectivity index (χ0n) is 11.8. The summed E-state index contributed by atoms with van der Waals surface area (Å²) in [5, 5.41) is 8.94. The van der Waals surface area contributed by atoms with Crippen molar-refractivity contribution in [1.29, 1.82) is 0 Å². The molecule has 1 N–H and O–H groups in total. The van der Waals surface area contributed by atoms with E-state index in [9.17, 15) is 13.2 Å². The van der Waals surface area contributed by atoms with Crippen LogP contribution >= 0.6 is 0 Å². The van der Waals surface area contributed by atoms with Crippen LogP contribution in [-0.2, 0) is 15.6 Å². The summed E-state index contributed by atoms with van der Waals surface area (Å²) < 4.78 is 24.8. The summed E-state index contributed by atoms with van der Waals surface area (Å²) in [5.74, 6) is -1.28. The number of hydrogen-bond donors (Lipinski definition) is 1. The smallest absolute Gasteiger partial charge is 0.335 e. The molecule has 0 radical (unpaired) electrons. The molecule has 4 nitrogen and oxygen atoms in total. The molecule has 0 saturated carbocycles. The third kappa shape index (κ3) is 3.49. The van der Waals surface area contributed by atoms with Gasteiger partial charge in [0.25, 0.3) is 0 Å². The minimum Gasteiger partial charge on any atom is -0.478 e. The molecule has 0 amide bonds. The van der Waals surface area contributed by atoms with Gasteiger partial charge >= 0.3 is 5.97 Å². The van der Waals surface area contributed by atoms with E-state index in [4.69, 9.17) is 5.11 Å². The van der Waals surface area contributed by atoms with E-state index in [1.807, 2.05) is 26.0 Å². The molecule has 0 aliphatic heterocycles. The van der Waals surface area contributed by atoms with Gasteiger partial charge in [0.2, 0.25) is 0 Å². The average Bonchev–Trinajstić information content (AvgIpc) is 2.43. The maximum absolute atomic E-state index is 12.4. The van der Waals surface area contributed by atoms with Crippen molar-refractivity contribution in [2.45, 2.75) is 24.5 Å². The van der Waals surface area contributed by atoms with Crippen molar-refractivity contribution in [3.8, 4) is 0 Å². The summed E-state index contributed by atoms with van der Waals surface area (Å²) in [5.41, 5.74) is 2.79. The Hall–Kier alpha value is -2.14. The second kappa shape index (κ2) is 5.69. The first kappa shape index (κ1) is 15.3. The van der Waals surface area contributed by atoms with E-state index in [0.29, 0.717) is 5.56 Å². The van der Waals surface area contributed by atoms with Crippen LogP contribution in [0.15, 0.2) is 47.4 Å². The normalized spacial score (nSPS) is 11.3. The van der Waals surface area contributed by atoms with Crippen LogP contribution < -0.4 is 0 Å². The summed E-state index contributed by atoms with van der Waals surface area (Å²) in [7, 11) is -3.56. The van der Waals surface area contributed by atoms with Crippen LogP contribution in [-0.4, -0.2) is 19.5 Å². The van der Waals surface area contributed by atoms with Crippen LogP contribution in [0.5, 0.6) is 0 Å². The molecule has 0 aliphatic rings. The Morgan fingerprint density at radius 1 is 1.05 bits per heavy atom. The highest BCUT2D eigenvalue weighted by molar-refractivity contribution is 7.90. The minimum absolute atomic E-state index is 0.0284. The van der Waals surface area contributed by atoms with E-state index in [0.717, 1.165) is 11.1 Å². The zero-order valence-corrected chi connectivity index (χ0v) is 12.6. The molecule has 0 spiro atoms. The lowest BCUT2D eigenvalue weighted by atomic mass is 10.1. The maximum Gasteiger partial charge on any atom is 0.335 e. The minimum atomic E-state index is -3.56. The van der Waals surface area contributed by atoms with Gasteiger partial charge in [0, 0.05) is 0 Å². The predicted octanol–water partition coefficient (Wildman–Crippen LogP) is 2.98. The second-order valence-corrected chi connectivity index (χ2v) is 7.00. The lowest BCUT2D eigenvalue weighted by Gasteiger charge is -2.07. The number of sulfone groups is 1. The van der Waals surface area contributed by atoms with E-state index < -0.39 is 15.8 Å². The van der Waals surface area contributed by atoms with Crippen molar-refractivity contribution in [2.75, 3.05) is 0 Å². The van der Waals surface area contributed by atoms with Crippen LogP contribution in [0.1, 0.15) is 27.0 Å². The van der Waals surface area contributed by atoms with E-state index >= 15 is 0 Å². The Balaban J connectivity index is 2.36. The molecule has 0 atom stereocenters. The summed E-state index contributed by atoms with van der Waals surface area (Å²) in [6.45, 7) is 3.89. The summed E-state index contributed by atoms with van der Waals surface area (Å²) >= 11 is 0. The summed E-state index contributed by atoms with van der Waals surface area (Å²) in [6, 6.07) is 10.9. The molecule has 0 unspecified atom stereocenters. The van der Waals surface area contributed by atoms with Crippen molar-refractivity contribution in [3.05, 3.63) is 64.7 Å². The van der Waals surface area contributed by atoms with E-state index in [1.54, 1.807) is 6.07 Å². The third-order valence-electron chi connectivity index (χ3n) is 3.37. The number of aryl methyl sites for hydroxylation is 2. The fourth-order valence-electron chi connectivity index (χ4n) is 2.02. The number of carbonyl (C=O) groups is 1. The van der Waals surface area contributed by atoms with Gasteiger partial charge in [0.05, 0.1) is 16.2 Å². The van der Waals surface area contributed by atoms with Crippen molar-refractivity contribution in [2.24, 2.45) is 0 Å². The van der Waals surface area contributed by atoms with Gasteiger partial charge in [-0.05, 0) is 48.7 Å². The molecule has 2 rings (SSSR count). The Morgan fingerprint density at radius 3 is 2.38 bits per heavy atom. The van der Waals surface area contributed by atoms with E-state index in [-0.39, 0.29) is 16.2 Å². The number of rotatable bonds is 4. The highest BCUT2D eigenvalue weighted by atomic mass is 32.2. The fraction of sp³-hybridized carbons (Fsp3) is 0.188. The van der Waals surface area contributed by atoms with Gasteiger partial charge in [0.1, 0.15) is 0 Å². The van der Waals surface area contributed by atoms with Gasteiger partial charge in [-0.1, -0.05) is 24.3 Å². The molecule has 0 fully saturated rings. The Kier molecular flexibility index (Phi) is 4.14. The van der Waals surface area contributed by atoms with Gasteiger partial charge in [-0.15, -0.1) is 0 Å². The molecule has 2 aromatic rings. The zero-order chi connectivity index (χ0) is 15.6. The molecule has 2 aromatic carbocycles. The first-order chi connectivity index (χ1) is 9.79. The first-order valence-electron chi connectivity index (χ1n) is 6.42. The van der Waals surface area contributed by atoms with Gasteiger partial charge in [-0.2, -0.15) is 0 Å². The molecular formula is C16H16O4S. The third-order valence-corrected chi connectivity index (χ3v) is 5.05. The van der Waals surface area contributed by atoms with E-state index in [2.05, 4.69) is 0 Å². The molecule has 21 heavy (non-hydrogen) atoms. The van der Waals surface area contributed by atoms with Crippen molar-refractivity contribution >= 4 is 15.8 Å². The SMILES string of the molecule is Cc1ccc(CS(=O)(=O)c2cccc(C(=O)O)c2)cc1C. The molecular weight excluding hydrogens is 288 g/mol. The van der Waals surface area contributed by atoms with Gasteiger partial charge in [-0.25, -0.2) is 13.2 Å². The Labute approximate surface area is 124 Å². The number of carboxylic acid groups (broad SMARTS) is 1. The maximum atomic E-state index is 12.4. The number of aromatic carboxylic acids is 1. The molecule has 110 valence electrons. The number of hydrogen-bond acceptors (Lipinski definition) is 3. The topological polar surface area (TPSA) is 71.4 Å². The lowest BCUT2D eigenvalue weighted by molar-refractivity contribution is 0.0696. The largest absolute Gasteiger partial charge is 0.478 e. The summed E-state index contributed by atoms with van der Waals surface area (Å²) in [4.78, 5) is 11.0. The van der Waals surface area contributed by atoms with Crippen molar-refractivity contribution in [1.82, 2.24) is 0 Å². The van der Waals surface area contributed by atoms with E-state index in [1.165, 1.54) is 24.3 Å². The van der Waals surface area contributed by atoms with Crippen molar-refractivity contribution < 1.29 is 18.3 Å². The monoisotopic (exact) mass is 304 g/mol. The Morgan fingerprint density at radius 2 is 1.76 bits per heavy atom. The first-order valence-corrected chi connectivity index (χ1v) is 8.07. The Bertz CT molecular complexity index is 792. The predicted molar refractivity (Wildman–Crippen MR) is 80.2 cm³/mol. The number of carboxylic acids is 1. The van der Waals surface area contributed by atoms with Gasteiger partial charge in [0.15, 0.2) is 9.84 Å². The molecule has 5 heteroatoms. The molecule has 0 aliphatic carbocycles. The number of benzene rings is 2. The highest BCUT2D eigenvalue weighted by Crippen LogP contribution is 2.19. The van der Waals surface area contributed by atoms with Gasteiger partial charge < -0.3 is 5.11 Å². The second-order valence-electron chi connectivity index (χ2n) is 5.01. The quantitative estimate of drug-likeness (QED) is 0.942. The van der Waals surface area contributed by atoms with Crippen LogP contribution in [0, 0.1) is 13.8 Å². The highest BCUT2D eigenvalue weighted by Gasteiger charge is 2.17. The standard InChI is InChI=1S/C16H16O4S/c1-11-6-7-13(8-12(11)2)10-21(19,20)15-5-3-4-14(9-15)16(17)18/h3-9H,10H2,1-2H3,(H,17,18). The van der Waals surface area contributed by atoms with Crippen LogP contribution in [0.3, 0.4) is 0 Å². The lowest BCUT2D eigenvalue weighted by Crippen LogP contribution is -2.07. The molecule has 0 aromatic heterocycles. The van der Waals surface area contributed by atoms with Crippen LogP contribution in [0.25, 0.3) is 0 Å². The van der Waals surface area contributed by atoms with Crippen molar-refractivity contribution in [3.63, 3.8) is 0 Å².